The lowest BCUT2D eigenvalue weighted by Gasteiger charge is -2.63. The molecule has 0 radical (unpaired) electrons. The normalized spacial score (nSPS) is 50.1. The predicted octanol–water partition coefficient (Wildman–Crippen LogP) is 4.42. The van der Waals surface area contributed by atoms with Crippen LogP contribution in [0.2, 0.25) is 0 Å². The minimum absolute atomic E-state index is 0.387. The van der Waals surface area contributed by atoms with E-state index in [1.807, 2.05) is 0 Å². The van der Waals surface area contributed by atoms with Gasteiger partial charge in [0, 0.05) is 6.04 Å². The van der Waals surface area contributed by atoms with E-state index in [1.54, 1.807) is 5.57 Å². The number of nitrogens with two attached hydrogens (primary N) is 1. The van der Waals surface area contributed by atoms with Crippen molar-refractivity contribution in [2.45, 2.75) is 77.2 Å². The smallest absolute Gasteiger partial charge is 0.0311 e. The quantitative estimate of drug-likeness (QED) is 0.730. The van der Waals surface area contributed by atoms with Crippen molar-refractivity contribution in [1.29, 1.82) is 0 Å². The highest BCUT2D eigenvalue weighted by atomic mass is 14.8. The Morgan fingerprint density at radius 2 is 1.89 bits per heavy atom. The van der Waals surface area contributed by atoms with Crippen LogP contribution in [0.15, 0.2) is 11.6 Å². The van der Waals surface area contributed by atoms with Gasteiger partial charge in [0.25, 0.3) is 0 Å². The summed E-state index contributed by atoms with van der Waals surface area (Å²) in [5, 5.41) is 0. The molecule has 4 fully saturated rings. The van der Waals surface area contributed by atoms with E-state index in [0.29, 0.717) is 16.9 Å². The molecule has 19 heavy (non-hydrogen) atoms. The predicted molar refractivity (Wildman–Crippen MR) is 79.7 cm³/mol. The topological polar surface area (TPSA) is 26.0 Å². The monoisotopic (exact) mass is 259 g/mol. The molecular formula is C18H29N. The average molecular weight is 259 g/mol. The van der Waals surface area contributed by atoms with Crippen molar-refractivity contribution >= 4 is 0 Å². The maximum atomic E-state index is 6.84. The molecule has 0 aromatic heterocycles. The zero-order valence-electron chi connectivity index (χ0n) is 12.5. The summed E-state index contributed by atoms with van der Waals surface area (Å²) in [4.78, 5) is 0. The van der Waals surface area contributed by atoms with Crippen molar-refractivity contribution in [3.05, 3.63) is 11.6 Å². The molecule has 4 bridgehead atoms. The molecule has 0 aromatic carbocycles. The van der Waals surface area contributed by atoms with E-state index in [2.05, 4.69) is 13.0 Å². The summed E-state index contributed by atoms with van der Waals surface area (Å²) in [6.07, 6.45) is 16.6. The molecule has 0 heterocycles. The van der Waals surface area contributed by atoms with Gasteiger partial charge in [0.2, 0.25) is 0 Å². The molecular weight excluding hydrogens is 230 g/mol. The van der Waals surface area contributed by atoms with Crippen LogP contribution in [0.25, 0.3) is 0 Å². The highest BCUT2D eigenvalue weighted by Crippen LogP contribution is 2.66. The Morgan fingerprint density at radius 3 is 2.47 bits per heavy atom. The molecule has 5 rings (SSSR count). The van der Waals surface area contributed by atoms with Crippen molar-refractivity contribution in [3.8, 4) is 0 Å². The van der Waals surface area contributed by atoms with Crippen LogP contribution in [-0.4, -0.2) is 6.04 Å². The summed E-state index contributed by atoms with van der Waals surface area (Å²) in [6.45, 7) is 2.56. The first-order valence-electron chi connectivity index (χ1n) is 8.53. The van der Waals surface area contributed by atoms with Crippen LogP contribution in [0.3, 0.4) is 0 Å². The molecule has 1 heteroatoms. The highest BCUT2D eigenvalue weighted by molar-refractivity contribution is 5.21. The third-order valence-corrected chi connectivity index (χ3v) is 6.78. The maximum Gasteiger partial charge on any atom is 0.0311 e. The summed E-state index contributed by atoms with van der Waals surface area (Å²) in [7, 11) is 0. The molecule has 0 saturated heterocycles. The van der Waals surface area contributed by atoms with Gasteiger partial charge in [-0.1, -0.05) is 18.6 Å². The van der Waals surface area contributed by atoms with Crippen LogP contribution in [0.1, 0.15) is 71.1 Å². The van der Waals surface area contributed by atoms with Crippen molar-refractivity contribution in [2.24, 2.45) is 28.4 Å². The number of rotatable bonds is 2. The first kappa shape index (κ1) is 12.4. The Labute approximate surface area is 118 Å². The molecule has 2 N–H and O–H groups in total. The molecule has 5 aliphatic carbocycles. The van der Waals surface area contributed by atoms with E-state index in [-0.39, 0.29) is 0 Å². The Morgan fingerprint density at radius 1 is 1.16 bits per heavy atom. The van der Waals surface area contributed by atoms with Gasteiger partial charge in [0.15, 0.2) is 0 Å². The van der Waals surface area contributed by atoms with Gasteiger partial charge in [-0.25, -0.2) is 0 Å². The van der Waals surface area contributed by atoms with Crippen molar-refractivity contribution < 1.29 is 0 Å². The summed E-state index contributed by atoms with van der Waals surface area (Å²) in [6, 6.07) is 0.387. The highest BCUT2D eigenvalue weighted by Gasteiger charge is 2.58. The van der Waals surface area contributed by atoms with Crippen LogP contribution in [0.5, 0.6) is 0 Å². The van der Waals surface area contributed by atoms with Crippen molar-refractivity contribution in [2.75, 3.05) is 0 Å². The van der Waals surface area contributed by atoms with E-state index in [0.717, 1.165) is 11.8 Å². The number of hydrogen-bond acceptors (Lipinski definition) is 1. The molecule has 0 amide bonds. The fourth-order valence-corrected chi connectivity index (χ4v) is 6.70. The summed E-state index contributed by atoms with van der Waals surface area (Å²) >= 11 is 0. The Balaban J connectivity index is 1.64. The molecule has 4 saturated carbocycles. The Kier molecular flexibility index (Phi) is 2.68. The Bertz CT molecular complexity index is 394. The second-order valence-electron chi connectivity index (χ2n) is 8.64. The first-order valence-corrected chi connectivity index (χ1v) is 8.53. The van der Waals surface area contributed by atoms with Gasteiger partial charge in [-0.05, 0) is 86.9 Å². The van der Waals surface area contributed by atoms with Crippen molar-refractivity contribution in [1.82, 2.24) is 0 Å². The van der Waals surface area contributed by atoms with Gasteiger partial charge in [-0.15, -0.1) is 0 Å². The van der Waals surface area contributed by atoms with E-state index < -0.39 is 0 Å². The van der Waals surface area contributed by atoms with Crippen molar-refractivity contribution in [3.63, 3.8) is 0 Å². The maximum absolute atomic E-state index is 6.84. The van der Waals surface area contributed by atoms with E-state index in [9.17, 15) is 0 Å². The fourth-order valence-electron chi connectivity index (χ4n) is 6.70. The van der Waals surface area contributed by atoms with E-state index >= 15 is 0 Å². The second kappa shape index (κ2) is 4.10. The average Bonchev–Trinajstić information content (AvgIpc) is 2.36. The molecule has 5 aliphatic rings. The molecule has 3 atom stereocenters. The third-order valence-electron chi connectivity index (χ3n) is 6.78. The minimum Gasteiger partial charge on any atom is -0.324 e. The number of allylic oxidation sites excluding steroid dienone is 1. The molecule has 0 spiro atoms. The second-order valence-corrected chi connectivity index (χ2v) is 8.64. The molecule has 3 unspecified atom stereocenters. The van der Waals surface area contributed by atoms with E-state index in [4.69, 9.17) is 5.73 Å². The molecule has 0 aromatic rings. The zero-order chi connectivity index (χ0) is 13.1. The lowest BCUT2D eigenvalue weighted by Crippen LogP contribution is -2.58. The van der Waals surface area contributed by atoms with Gasteiger partial charge in [-0.3, -0.25) is 0 Å². The first-order chi connectivity index (χ1) is 9.09. The van der Waals surface area contributed by atoms with Gasteiger partial charge >= 0.3 is 0 Å². The molecule has 1 nitrogen and oxygen atoms in total. The van der Waals surface area contributed by atoms with Gasteiger partial charge < -0.3 is 5.73 Å². The molecule has 0 aliphatic heterocycles. The van der Waals surface area contributed by atoms with Gasteiger partial charge in [0.05, 0.1) is 0 Å². The third kappa shape index (κ3) is 1.92. The number of hydrogen-bond donors (Lipinski definition) is 1. The van der Waals surface area contributed by atoms with Gasteiger partial charge in [0.1, 0.15) is 0 Å². The molecule has 106 valence electrons. The standard InChI is InChI=1S/C18H29N/c1-17-8-13-7-14(9-17)11-18(10-13,12-17)16(19)15-5-3-2-4-6-15/h5,13-14,16H,2-4,6-12,19H2,1H3. The fraction of sp³-hybridized carbons (Fsp3) is 0.889. The van der Waals surface area contributed by atoms with Crippen LogP contribution >= 0.6 is 0 Å². The van der Waals surface area contributed by atoms with Crippen LogP contribution in [0, 0.1) is 22.7 Å². The summed E-state index contributed by atoms with van der Waals surface area (Å²) < 4.78 is 0. The lowest BCUT2D eigenvalue weighted by molar-refractivity contribution is -0.108. The zero-order valence-corrected chi connectivity index (χ0v) is 12.5. The van der Waals surface area contributed by atoms with Gasteiger partial charge in [-0.2, -0.15) is 0 Å². The SMILES string of the molecule is CC12CC3CC(C1)CC(C(N)C1=CCCCC1)(C3)C2. The summed E-state index contributed by atoms with van der Waals surface area (Å²) in [5.74, 6) is 2.00. The summed E-state index contributed by atoms with van der Waals surface area (Å²) in [5.41, 5.74) is 9.58. The minimum atomic E-state index is 0.387. The van der Waals surface area contributed by atoms with Crippen LogP contribution < -0.4 is 5.73 Å². The lowest BCUT2D eigenvalue weighted by atomic mass is 9.42. The van der Waals surface area contributed by atoms with Crippen LogP contribution in [-0.2, 0) is 0 Å². The van der Waals surface area contributed by atoms with E-state index in [1.165, 1.54) is 64.2 Å². The Hall–Kier alpha value is -0.300. The van der Waals surface area contributed by atoms with Crippen LogP contribution in [0.4, 0.5) is 0 Å². The largest absolute Gasteiger partial charge is 0.324 e.